The Kier molecular flexibility index (Phi) is 4.89. The minimum atomic E-state index is -1.94. The minimum absolute atomic E-state index is 0.241. The highest BCUT2D eigenvalue weighted by molar-refractivity contribution is 9.10. The van der Waals surface area contributed by atoms with Gasteiger partial charge in [0, 0.05) is 30.7 Å². The summed E-state index contributed by atoms with van der Waals surface area (Å²) in [6.07, 6.45) is 0.116. The lowest BCUT2D eigenvalue weighted by molar-refractivity contribution is -0.157. The van der Waals surface area contributed by atoms with Crippen molar-refractivity contribution in [1.29, 1.82) is 0 Å². The molecule has 32 heavy (non-hydrogen) atoms. The van der Waals surface area contributed by atoms with E-state index >= 15 is 0 Å². The summed E-state index contributed by atoms with van der Waals surface area (Å²) < 4.78 is 7.45. The molecule has 0 bridgehead atoms. The Labute approximate surface area is 194 Å². The highest BCUT2D eigenvalue weighted by atomic mass is 79.9. The van der Waals surface area contributed by atoms with Gasteiger partial charge in [0.25, 0.3) is 0 Å². The Balaban J connectivity index is 1.86. The molecule has 2 aromatic carbocycles. The van der Waals surface area contributed by atoms with Crippen molar-refractivity contribution in [1.82, 2.24) is 9.88 Å². The molecule has 1 fully saturated rings. The van der Waals surface area contributed by atoms with E-state index in [2.05, 4.69) is 20.9 Å². The molecule has 3 aromatic rings. The number of ether oxygens (including phenoxy) is 1. The monoisotopic (exact) mass is 494 g/mol. The van der Waals surface area contributed by atoms with Gasteiger partial charge in [-0.25, -0.2) is 0 Å². The molecule has 1 amide bonds. The Morgan fingerprint density at radius 2 is 1.75 bits per heavy atom. The summed E-state index contributed by atoms with van der Waals surface area (Å²) in [5.41, 5.74) is -1.71. The van der Waals surface area contributed by atoms with Crippen molar-refractivity contribution in [3.05, 3.63) is 94.2 Å². The third-order valence-corrected chi connectivity index (χ3v) is 7.22. The van der Waals surface area contributed by atoms with Gasteiger partial charge in [0.2, 0.25) is 5.91 Å². The van der Waals surface area contributed by atoms with E-state index < -0.39 is 29.1 Å². The van der Waals surface area contributed by atoms with Crippen LogP contribution in [0.4, 0.5) is 0 Å². The number of amides is 1. The molecular formula is C25H23BrN2O4. The lowest BCUT2D eigenvalue weighted by Crippen LogP contribution is -2.52. The van der Waals surface area contributed by atoms with Crippen molar-refractivity contribution >= 4 is 21.8 Å². The molecule has 0 radical (unpaired) electrons. The van der Waals surface area contributed by atoms with Crippen molar-refractivity contribution in [3.8, 4) is 5.75 Å². The van der Waals surface area contributed by atoms with Crippen LogP contribution >= 0.6 is 15.9 Å². The first-order valence-corrected chi connectivity index (χ1v) is 11.2. The number of rotatable bonds is 3. The number of fused-ring (bicyclic) bond motifs is 3. The van der Waals surface area contributed by atoms with Gasteiger partial charge in [0.05, 0.1) is 5.92 Å². The summed E-state index contributed by atoms with van der Waals surface area (Å²) in [6, 6.07) is 20.3. The average molecular weight is 495 g/mol. The third kappa shape index (κ3) is 2.65. The van der Waals surface area contributed by atoms with Gasteiger partial charge in [-0.2, -0.15) is 0 Å². The van der Waals surface area contributed by atoms with Crippen molar-refractivity contribution in [3.63, 3.8) is 0 Å². The van der Waals surface area contributed by atoms with Crippen LogP contribution in [0.3, 0.4) is 0 Å². The number of carbonyl (C=O) groups is 1. The predicted molar refractivity (Wildman–Crippen MR) is 122 cm³/mol. The second kappa shape index (κ2) is 7.40. The number of aliphatic hydroxyl groups excluding tert-OH is 1. The maximum atomic E-state index is 13.4. The van der Waals surface area contributed by atoms with Crippen molar-refractivity contribution in [2.24, 2.45) is 5.92 Å². The molecule has 6 nitrogen and oxygen atoms in total. The number of carbonyl (C=O) groups excluding carboxylic acids is 1. The van der Waals surface area contributed by atoms with Gasteiger partial charge in [-0.05, 0) is 35.4 Å². The maximum Gasteiger partial charge on any atom is 0.228 e. The minimum Gasteiger partial charge on any atom is -0.476 e. The van der Waals surface area contributed by atoms with Crippen LogP contribution in [0.25, 0.3) is 0 Å². The first kappa shape index (κ1) is 21.1. The van der Waals surface area contributed by atoms with Gasteiger partial charge >= 0.3 is 0 Å². The normalized spacial score (nSPS) is 30.3. The maximum absolute atomic E-state index is 13.4. The number of halogens is 1. The highest BCUT2D eigenvalue weighted by Gasteiger charge is 2.78. The highest BCUT2D eigenvalue weighted by Crippen LogP contribution is 2.68. The van der Waals surface area contributed by atoms with E-state index in [4.69, 9.17) is 4.74 Å². The van der Waals surface area contributed by atoms with E-state index in [-0.39, 0.29) is 11.6 Å². The number of nitrogens with zero attached hydrogens (tertiary/aromatic N) is 2. The van der Waals surface area contributed by atoms with E-state index in [9.17, 15) is 15.0 Å². The van der Waals surface area contributed by atoms with Crippen LogP contribution < -0.4 is 4.74 Å². The fourth-order valence-electron chi connectivity index (χ4n) is 5.38. The number of hydrogen-bond acceptors (Lipinski definition) is 5. The van der Waals surface area contributed by atoms with E-state index in [1.54, 1.807) is 32.4 Å². The van der Waals surface area contributed by atoms with Crippen LogP contribution in [-0.2, 0) is 16.0 Å². The molecule has 0 spiro atoms. The van der Waals surface area contributed by atoms with Gasteiger partial charge in [-0.15, -0.1) is 0 Å². The molecule has 2 N–H and O–H groups in total. The number of benzene rings is 2. The van der Waals surface area contributed by atoms with Gasteiger partial charge in [0.15, 0.2) is 11.2 Å². The zero-order chi connectivity index (χ0) is 22.7. The third-order valence-electron chi connectivity index (χ3n) is 6.69. The van der Waals surface area contributed by atoms with Crippen LogP contribution in [0, 0.1) is 5.92 Å². The fourth-order valence-corrected chi connectivity index (χ4v) is 5.64. The zero-order valence-electron chi connectivity index (χ0n) is 17.6. The molecule has 7 heteroatoms. The standard InChI is InChI=1S/C25H23BrN2O4/c1-28(2)23(30)19-20(15-7-4-3-5-8-15)25(16-10-12-17(26)13-11-16)24(31,22(19)29)21-18(32-25)9-6-14-27-21/h3-14,19-20,22,29,31H,1-2H3. The van der Waals surface area contributed by atoms with Gasteiger partial charge < -0.3 is 19.8 Å². The van der Waals surface area contributed by atoms with Crippen LogP contribution in [0.1, 0.15) is 22.7 Å². The SMILES string of the molecule is CN(C)C(=O)C1C(O)C2(O)c3ncccc3OC2(c2ccc(Br)cc2)C1c1ccccc1. The summed E-state index contributed by atoms with van der Waals surface area (Å²) in [5, 5.41) is 24.0. The van der Waals surface area contributed by atoms with Gasteiger partial charge in [-0.3, -0.25) is 9.78 Å². The summed E-state index contributed by atoms with van der Waals surface area (Å²) in [7, 11) is 3.29. The number of aliphatic hydroxyl groups is 2. The summed E-state index contributed by atoms with van der Waals surface area (Å²) in [4.78, 5) is 19.3. The lowest BCUT2D eigenvalue weighted by Gasteiger charge is -2.40. The second-order valence-electron chi connectivity index (χ2n) is 8.55. The van der Waals surface area contributed by atoms with E-state index in [0.29, 0.717) is 11.3 Å². The van der Waals surface area contributed by atoms with Crippen LogP contribution in [-0.4, -0.2) is 46.2 Å². The largest absolute Gasteiger partial charge is 0.476 e. The molecule has 2 aliphatic rings. The molecule has 164 valence electrons. The molecule has 5 unspecified atom stereocenters. The predicted octanol–water partition coefficient (Wildman–Crippen LogP) is 3.18. The molecule has 2 heterocycles. The van der Waals surface area contributed by atoms with Gasteiger partial charge in [-0.1, -0.05) is 58.4 Å². The number of pyridine rings is 1. The Bertz CT molecular complexity index is 1170. The van der Waals surface area contributed by atoms with Crippen LogP contribution in [0.15, 0.2) is 77.4 Å². The number of hydrogen-bond donors (Lipinski definition) is 2. The molecule has 5 rings (SSSR count). The van der Waals surface area contributed by atoms with E-state index in [0.717, 1.165) is 10.0 Å². The van der Waals surface area contributed by atoms with Crippen molar-refractivity contribution < 1.29 is 19.7 Å². The first-order chi connectivity index (χ1) is 15.3. The Morgan fingerprint density at radius 3 is 2.41 bits per heavy atom. The molecule has 1 aliphatic heterocycles. The molecular weight excluding hydrogens is 472 g/mol. The topological polar surface area (TPSA) is 82.9 Å². The summed E-state index contributed by atoms with van der Waals surface area (Å²) in [6.45, 7) is 0. The molecule has 5 atom stereocenters. The summed E-state index contributed by atoms with van der Waals surface area (Å²) in [5.74, 6) is -1.51. The van der Waals surface area contributed by atoms with E-state index in [1.807, 2.05) is 54.6 Å². The fraction of sp³-hybridized carbons (Fsp3) is 0.280. The molecule has 1 aliphatic carbocycles. The molecule has 1 aromatic heterocycles. The first-order valence-electron chi connectivity index (χ1n) is 10.4. The van der Waals surface area contributed by atoms with Crippen LogP contribution in [0.5, 0.6) is 5.75 Å². The Morgan fingerprint density at radius 1 is 1.06 bits per heavy atom. The summed E-state index contributed by atoms with van der Waals surface area (Å²) >= 11 is 3.47. The lowest BCUT2D eigenvalue weighted by atomic mass is 9.71. The van der Waals surface area contributed by atoms with E-state index in [1.165, 1.54) is 4.90 Å². The average Bonchev–Trinajstić information content (AvgIpc) is 3.18. The number of aromatic nitrogens is 1. The van der Waals surface area contributed by atoms with Crippen molar-refractivity contribution in [2.75, 3.05) is 14.1 Å². The Hall–Kier alpha value is -2.74. The van der Waals surface area contributed by atoms with Crippen LogP contribution in [0.2, 0.25) is 0 Å². The zero-order valence-corrected chi connectivity index (χ0v) is 19.2. The van der Waals surface area contributed by atoms with Crippen molar-refractivity contribution in [2.45, 2.75) is 23.2 Å². The smallest absolute Gasteiger partial charge is 0.228 e. The molecule has 1 saturated carbocycles. The second-order valence-corrected chi connectivity index (χ2v) is 9.47. The molecule has 0 saturated heterocycles. The van der Waals surface area contributed by atoms with Gasteiger partial charge in [0.1, 0.15) is 17.5 Å². The quantitative estimate of drug-likeness (QED) is 0.584.